The molecule has 2 aliphatic rings. The first-order valence-electron chi connectivity index (χ1n) is 34.8. The summed E-state index contributed by atoms with van der Waals surface area (Å²) in [5.74, 6) is -6.66. The lowest BCUT2D eigenvalue weighted by Gasteiger charge is -2.27. The van der Waals surface area contributed by atoms with Gasteiger partial charge in [-0.1, -0.05) is 76.8 Å². The smallest absolute Gasteiger partial charge is 0.303 e. The number of carboxylic acids is 4. The fraction of sp³-hybridized carbons (Fsp3) is 0.427. The molecule has 0 fully saturated rings. The number of rotatable bonds is 39. The van der Waals surface area contributed by atoms with E-state index in [0.29, 0.717) is 145 Å². The van der Waals surface area contributed by atoms with Crippen molar-refractivity contribution in [2.24, 2.45) is 0 Å². The average Bonchev–Trinajstić information content (AvgIpc) is 1.58. The number of anilines is 1. The minimum atomic E-state index is -4.81. The number of benzene rings is 4. The van der Waals surface area contributed by atoms with Crippen LogP contribution in [-0.2, 0) is 50.2 Å². The molecular formula is C75H91N8O18S2+. The highest BCUT2D eigenvalue weighted by molar-refractivity contribution is 7.86. The number of aliphatic carboxylic acids is 4. The van der Waals surface area contributed by atoms with E-state index in [0.717, 1.165) is 22.3 Å². The number of carboxylic acid groups (broad SMARTS) is 4. The number of aromatic nitrogens is 2. The first-order valence-corrected chi connectivity index (χ1v) is 37.8. The Kier molecular flexibility index (Phi) is 26.8. The number of fused-ring (bicyclic) bond motifs is 6. The number of pyridine rings is 2. The first-order chi connectivity index (χ1) is 48.8. The van der Waals surface area contributed by atoms with Crippen molar-refractivity contribution in [3.63, 3.8) is 0 Å². The van der Waals surface area contributed by atoms with Crippen LogP contribution in [0.5, 0.6) is 0 Å². The lowest BCUT2D eigenvalue weighted by atomic mass is 9.79. The van der Waals surface area contributed by atoms with Gasteiger partial charge in [-0.15, -0.1) is 0 Å². The SMILES string of the molecule is CCCN1/C(=C/C=C/C2=[N+](CCCS(=O)(=O)O)c3c(cc(-c4cc(C(=O)NCCCCCC(=O)O)nc(C(=O)NCCCCCC(=O)O)c4)c4ccccc34)C2(C)C)C(C)(C)c2cc(-c3cc(C(=O)NCCCCCC(=O)O)nc(C(=O)NCCCCCC(=O)O)c3)c3ccc(S(=O)(=O)O)cc3c21. The van der Waals surface area contributed by atoms with Crippen LogP contribution in [0.15, 0.2) is 108 Å². The highest BCUT2D eigenvalue weighted by atomic mass is 32.2. The summed E-state index contributed by atoms with van der Waals surface area (Å²) in [6, 6.07) is 21.9. The Hall–Kier alpha value is -9.77. The van der Waals surface area contributed by atoms with E-state index >= 15 is 0 Å². The van der Waals surface area contributed by atoms with E-state index in [1.807, 2.05) is 93.8 Å². The van der Waals surface area contributed by atoms with Crippen LogP contribution in [0, 0.1) is 0 Å². The molecule has 6 aromatic rings. The summed E-state index contributed by atoms with van der Waals surface area (Å²) in [6.07, 6.45) is 11.9. The topological polar surface area (TPSA) is 406 Å². The van der Waals surface area contributed by atoms with Crippen molar-refractivity contribution < 1.29 is 89.3 Å². The Balaban J connectivity index is 1.24. The summed E-state index contributed by atoms with van der Waals surface area (Å²) in [7, 11) is -9.23. The number of carbonyl (C=O) groups excluding carboxylic acids is 4. The number of allylic oxidation sites excluding steroid dienone is 4. The molecule has 0 aliphatic carbocycles. The molecule has 10 N–H and O–H groups in total. The van der Waals surface area contributed by atoms with E-state index in [2.05, 4.69) is 36.1 Å². The van der Waals surface area contributed by atoms with Gasteiger partial charge in [0.25, 0.3) is 43.9 Å². The van der Waals surface area contributed by atoms with Gasteiger partial charge in [0.2, 0.25) is 5.69 Å². The van der Waals surface area contributed by atoms with Crippen LogP contribution in [0.4, 0.5) is 11.4 Å². The number of amides is 4. The lowest BCUT2D eigenvalue weighted by molar-refractivity contribution is -0.435. The van der Waals surface area contributed by atoms with Crippen molar-refractivity contribution in [3.05, 3.63) is 137 Å². The molecule has 26 nitrogen and oxygen atoms in total. The molecule has 0 bridgehead atoms. The molecule has 0 atom stereocenters. The van der Waals surface area contributed by atoms with Crippen molar-refractivity contribution in [1.29, 1.82) is 0 Å². The average molecular weight is 1460 g/mol. The van der Waals surface area contributed by atoms with Gasteiger partial charge in [0, 0.05) is 93.0 Å². The van der Waals surface area contributed by atoms with Gasteiger partial charge in [0.15, 0.2) is 5.71 Å². The van der Waals surface area contributed by atoms with Crippen LogP contribution in [0.3, 0.4) is 0 Å². The quantitative estimate of drug-likeness (QED) is 0.00973. The Morgan fingerprint density at radius 1 is 0.505 bits per heavy atom. The molecule has 0 radical (unpaired) electrons. The zero-order valence-corrected chi connectivity index (χ0v) is 60.2. The molecule has 28 heteroatoms. The van der Waals surface area contributed by atoms with E-state index in [1.54, 1.807) is 18.2 Å². The summed E-state index contributed by atoms with van der Waals surface area (Å²) in [6.45, 7) is 11.3. The van der Waals surface area contributed by atoms with Crippen LogP contribution in [0.25, 0.3) is 43.8 Å². The fourth-order valence-corrected chi connectivity index (χ4v) is 14.4. The third-order valence-corrected chi connectivity index (χ3v) is 20.2. The molecule has 2 aliphatic heterocycles. The van der Waals surface area contributed by atoms with E-state index in [9.17, 15) is 64.3 Å². The van der Waals surface area contributed by atoms with Gasteiger partial charge in [-0.2, -0.15) is 21.4 Å². The molecule has 0 saturated heterocycles. The van der Waals surface area contributed by atoms with Crippen LogP contribution >= 0.6 is 0 Å². The van der Waals surface area contributed by atoms with Crippen LogP contribution < -0.4 is 26.2 Å². The van der Waals surface area contributed by atoms with E-state index in [-0.39, 0.29) is 87.6 Å². The van der Waals surface area contributed by atoms with Gasteiger partial charge in [-0.05, 0) is 171 Å². The minimum Gasteiger partial charge on any atom is -0.481 e. The number of nitrogens with one attached hydrogen (secondary N) is 4. The largest absolute Gasteiger partial charge is 0.481 e. The maximum atomic E-state index is 14.1. The normalized spacial score (nSPS) is 14.3. The maximum Gasteiger partial charge on any atom is 0.303 e. The van der Waals surface area contributed by atoms with Crippen LogP contribution in [0.2, 0.25) is 0 Å². The Labute approximate surface area is 598 Å². The third-order valence-electron chi connectivity index (χ3n) is 18.5. The Morgan fingerprint density at radius 2 is 0.922 bits per heavy atom. The molecular weight excluding hydrogens is 1360 g/mol. The predicted octanol–water partition coefficient (Wildman–Crippen LogP) is 11.2. The lowest BCUT2D eigenvalue weighted by Crippen LogP contribution is -2.29. The predicted molar refractivity (Wildman–Crippen MR) is 390 cm³/mol. The van der Waals surface area contributed by atoms with E-state index < -0.39 is 89.2 Å². The number of hydrogen-bond acceptors (Lipinski definition) is 15. The molecule has 103 heavy (non-hydrogen) atoms. The summed E-state index contributed by atoms with van der Waals surface area (Å²) < 4.78 is 73.8. The zero-order valence-electron chi connectivity index (χ0n) is 58.6. The standard InChI is InChI=1S/C75H90N8O18S2/c1-6-37-82-62(75(4,5)57-46-54(51-32-31-49(103(99,100)101)44-55(51)69(57)82)48-42-60(72(94)78-35-19-9-13-29-66(88)89)81-61(43-48)73(95)79-36-20-10-14-30-67(90)91)25-21-26-63-74(2,3)56-45-53(50-23-15-16-24-52(50)68(56)83(63)38-22-39-102(96,97)98)47-40-58(70(92)76-33-17-7-11-27-64(84)85)80-59(41-47)71(93)77-34-18-8-12-28-65(86)87/h15-16,21,23-26,31-32,40-46H,6-14,17-20,22,27-30,33-39H2,1-5H3,(H9-,76,77,78,79,84,85,86,87,88,89,90,91,92,93,94,95,96,97,98,99,100,101)/p+1. The van der Waals surface area contributed by atoms with Crippen molar-refractivity contribution in [2.45, 2.75) is 166 Å². The van der Waals surface area contributed by atoms with Gasteiger partial charge in [-0.3, -0.25) is 47.5 Å². The second-order valence-electron chi connectivity index (χ2n) is 27.0. The molecule has 0 saturated carbocycles. The minimum absolute atomic E-state index is 0.000968. The molecule has 4 heterocycles. The summed E-state index contributed by atoms with van der Waals surface area (Å²) >= 11 is 0. The highest BCUT2D eigenvalue weighted by Gasteiger charge is 2.47. The molecule has 550 valence electrons. The van der Waals surface area contributed by atoms with Crippen molar-refractivity contribution in [3.8, 4) is 22.3 Å². The monoisotopic (exact) mass is 1460 g/mol. The first kappa shape index (κ1) is 78.9. The second kappa shape index (κ2) is 34.9. The van der Waals surface area contributed by atoms with Gasteiger partial charge in [0.1, 0.15) is 29.3 Å². The van der Waals surface area contributed by atoms with Gasteiger partial charge in [0.05, 0.1) is 27.1 Å². The van der Waals surface area contributed by atoms with E-state index in [4.69, 9.17) is 20.4 Å². The number of unbranched alkanes of at least 4 members (excludes halogenated alkanes) is 8. The molecule has 2 aromatic heterocycles. The van der Waals surface area contributed by atoms with Gasteiger partial charge in [-0.25, -0.2) is 9.97 Å². The van der Waals surface area contributed by atoms with Crippen molar-refractivity contribution in [2.75, 3.05) is 49.9 Å². The second-order valence-corrected chi connectivity index (χ2v) is 29.9. The van der Waals surface area contributed by atoms with Crippen LogP contribution in [0.1, 0.15) is 203 Å². The summed E-state index contributed by atoms with van der Waals surface area (Å²) in [5.41, 5.74) is 4.05. The molecule has 0 unspecified atom stereocenters. The van der Waals surface area contributed by atoms with Gasteiger partial charge < -0.3 is 46.6 Å². The summed E-state index contributed by atoms with van der Waals surface area (Å²) in [4.78, 5) is 112. The summed E-state index contributed by atoms with van der Waals surface area (Å²) in [5, 5.41) is 50.3. The van der Waals surface area contributed by atoms with E-state index in [1.165, 1.54) is 24.3 Å². The molecule has 8 rings (SSSR count). The third kappa shape index (κ3) is 20.3. The number of carbonyl (C=O) groups is 8. The fourth-order valence-electron chi connectivity index (χ4n) is 13.4. The van der Waals surface area contributed by atoms with Crippen LogP contribution in [-0.4, -0.2) is 159 Å². The zero-order chi connectivity index (χ0) is 75.0. The van der Waals surface area contributed by atoms with Crippen molar-refractivity contribution >= 4 is 106 Å². The van der Waals surface area contributed by atoms with Crippen molar-refractivity contribution in [1.82, 2.24) is 31.2 Å². The Bertz CT molecular complexity index is 4490. The highest BCUT2D eigenvalue weighted by Crippen LogP contribution is 2.54. The maximum absolute atomic E-state index is 14.1. The molecule has 0 spiro atoms. The Morgan fingerprint density at radius 3 is 1.33 bits per heavy atom. The molecule has 4 aromatic carbocycles. The van der Waals surface area contributed by atoms with Gasteiger partial charge >= 0.3 is 23.9 Å². The molecule has 4 amide bonds. The number of nitrogens with zero attached hydrogens (tertiary/aromatic N) is 4. The number of hydrogen-bond donors (Lipinski definition) is 10.